The molecule has 0 saturated heterocycles. The van der Waals surface area contributed by atoms with Crippen LogP contribution in [0, 0.1) is 0 Å². The number of nitrogens with one attached hydrogen (secondary N) is 1. The van der Waals surface area contributed by atoms with Crippen molar-refractivity contribution in [2.24, 2.45) is 0 Å². The molecule has 0 saturated carbocycles. The van der Waals surface area contributed by atoms with Crippen molar-refractivity contribution in [1.82, 2.24) is 19.9 Å². The summed E-state index contributed by atoms with van der Waals surface area (Å²) in [7, 11) is 1.65. The summed E-state index contributed by atoms with van der Waals surface area (Å²) in [6.45, 7) is 9.89. The molecule has 2 heterocycles. The van der Waals surface area contributed by atoms with Crippen LogP contribution in [0.2, 0.25) is 0 Å². The van der Waals surface area contributed by atoms with Crippen LogP contribution >= 0.6 is 0 Å². The zero-order chi connectivity index (χ0) is 21.5. The minimum Gasteiger partial charge on any atom is -0.497 e. The van der Waals surface area contributed by atoms with Gasteiger partial charge in [0.05, 0.1) is 24.7 Å². The molecule has 7 heteroatoms. The summed E-state index contributed by atoms with van der Waals surface area (Å²) >= 11 is 0. The molecule has 0 aliphatic carbocycles. The first kappa shape index (κ1) is 21.8. The predicted molar refractivity (Wildman–Crippen MR) is 124 cm³/mol. The third kappa shape index (κ3) is 5.36. The minimum atomic E-state index is 0.300. The number of nitrogens with zero attached hydrogens (tertiary/aromatic N) is 4. The minimum absolute atomic E-state index is 0.300. The van der Waals surface area contributed by atoms with E-state index in [9.17, 15) is 0 Å². The van der Waals surface area contributed by atoms with Gasteiger partial charge in [0, 0.05) is 17.7 Å². The van der Waals surface area contributed by atoms with Gasteiger partial charge in [0.25, 0.3) is 0 Å². The summed E-state index contributed by atoms with van der Waals surface area (Å²) in [6.07, 6.45) is 3.98. The molecule has 1 atom stereocenters. The van der Waals surface area contributed by atoms with E-state index >= 15 is 0 Å². The maximum atomic E-state index is 6.06. The van der Waals surface area contributed by atoms with E-state index in [-0.39, 0.29) is 0 Å². The van der Waals surface area contributed by atoms with E-state index in [1.807, 2.05) is 30.3 Å². The second-order valence-electron chi connectivity index (χ2n) is 7.47. The molecule has 0 amide bonds. The number of pyridine rings is 1. The first-order valence-corrected chi connectivity index (χ1v) is 10.6. The highest BCUT2D eigenvalue weighted by atomic mass is 16.5. The SMILES string of the molecule is CCN(CC)CCCC(C)Nc1cc(N)nc2nc(-c3ccc(OC)cc3)cnc12. The van der Waals surface area contributed by atoms with Crippen LogP contribution in [-0.2, 0) is 0 Å². The molecule has 2 aromatic heterocycles. The Morgan fingerprint density at radius 1 is 1.13 bits per heavy atom. The number of hydrogen-bond donors (Lipinski definition) is 2. The molecule has 7 nitrogen and oxygen atoms in total. The number of fused-ring (bicyclic) bond motifs is 1. The van der Waals surface area contributed by atoms with Crippen molar-refractivity contribution in [1.29, 1.82) is 0 Å². The average Bonchev–Trinajstić information content (AvgIpc) is 2.76. The number of ether oxygens (including phenoxy) is 1. The molecule has 3 aromatic rings. The fourth-order valence-electron chi connectivity index (χ4n) is 3.53. The van der Waals surface area contributed by atoms with Crippen LogP contribution in [0.1, 0.15) is 33.6 Å². The largest absolute Gasteiger partial charge is 0.497 e. The average molecular weight is 409 g/mol. The van der Waals surface area contributed by atoms with Crippen molar-refractivity contribution in [3.05, 3.63) is 36.5 Å². The Morgan fingerprint density at radius 2 is 1.87 bits per heavy atom. The monoisotopic (exact) mass is 408 g/mol. The van der Waals surface area contributed by atoms with Gasteiger partial charge in [-0.15, -0.1) is 0 Å². The zero-order valence-electron chi connectivity index (χ0n) is 18.4. The van der Waals surface area contributed by atoms with Crippen LogP contribution in [0.15, 0.2) is 36.5 Å². The Hall–Kier alpha value is -2.93. The highest BCUT2D eigenvalue weighted by molar-refractivity contribution is 5.88. The lowest BCUT2D eigenvalue weighted by Crippen LogP contribution is -2.25. The van der Waals surface area contributed by atoms with E-state index in [0.29, 0.717) is 17.5 Å². The molecule has 0 aliphatic rings. The highest BCUT2D eigenvalue weighted by Gasteiger charge is 2.12. The predicted octanol–water partition coefficient (Wildman–Crippen LogP) is 4.21. The molecule has 0 fully saturated rings. The van der Waals surface area contributed by atoms with Crippen LogP contribution in [0.4, 0.5) is 11.5 Å². The van der Waals surface area contributed by atoms with Crippen molar-refractivity contribution in [2.45, 2.75) is 39.7 Å². The summed E-state index contributed by atoms with van der Waals surface area (Å²) in [4.78, 5) is 16.2. The molecular formula is C23H32N6O. The maximum absolute atomic E-state index is 6.06. The number of aromatic nitrogens is 3. The van der Waals surface area contributed by atoms with Gasteiger partial charge in [-0.05, 0) is 63.7 Å². The van der Waals surface area contributed by atoms with Gasteiger partial charge in [-0.2, -0.15) is 0 Å². The van der Waals surface area contributed by atoms with Crippen molar-refractivity contribution in [3.8, 4) is 17.0 Å². The van der Waals surface area contributed by atoms with E-state index in [0.717, 1.165) is 60.7 Å². The van der Waals surface area contributed by atoms with Gasteiger partial charge in [-0.25, -0.2) is 15.0 Å². The van der Waals surface area contributed by atoms with Crippen LogP contribution in [0.5, 0.6) is 5.75 Å². The van der Waals surface area contributed by atoms with Gasteiger partial charge in [0.15, 0.2) is 5.65 Å². The molecule has 1 aromatic carbocycles. The third-order valence-electron chi connectivity index (χ3n) is 5.33. The number of rotatable bonds is 10. The van der Waals surface area contributed by atoms with E-state index in [2.05, 4.69) is 41.0 Å². The van der Waals surface area contributed by atoms with Gasteiger partial charge in [-0.1, -0.05) is 13.8 Å². The molecular weight excluding hydrogens is 376 g/mol. The van der Waals surface area contributed by atoms with E-state index < -0.39 is 0 Å². The van der Waals surface area contributed by atoms with Gasteiger partial charge in [-0.3, -0.25) is 0 Å². The first-order valence-electron chi connectivity index (χ1n) is 10.6. The van der Waals surface area contributed by atoms with Crippen molar-refractivity contribution in [2.75, 3.05) is 37.8 Å². The fraction of sp³-hybridized carbons (Fsp3) is 0.435. The summed E-state index contributed by atoms with van der Waals surface area (Å²) in [5.74, 6) is 1.23. The normalized spacial score (nSPS) is 12.3. The van der Waals surface area contributed by atoms with Crippen LogP contribution in [-0.4, -0.2) is 52.6 Å². The summed E-state index contributed by atoms with van der Waals surface area (Å²) in [5, 5.41) is 3.55. The second-order valence-corrected chi connectivity index (χ2v) is 7.47. The van der Waals surface area contributed by atoms with Gasteiger partial charge in [0.1, 0.15) is 17.1 Å². The molecule has 1 unspecified atom stereocenters. The Morgan fingerprint density at radius 3 is 2.53 bits per heavy atom. The lowest BCUT2D eigenvalue weighted by Gasteiger charge is -2.20. The van der Waals surface area contributed by atoms with E-state index in [1.54, 1.807) is 13.3 Å². The Bertz CT molecular complexity index is 956. The topological polar surface area (TPSA) is 89.2 Å². The Kier molecular flexibility index (Phi) is 7.41. The molecule has 3 N–H and O–H groups in total. The zero-order valence-corrected chi connectivity index (χ0v) is 18.4. The molecule has 160 valence electrons. The van der Waals surface area contributed by atoms with Gasteiger partial charge >= 0.3 is 0 Å². The van der Waals surface area contributed by atoms with Crippen LogP contribution < -0.4 is 15.8 Å². The number of methoxy groups -OCH3 is 1. The molecule has 0 spiro atoms. The van der Waals surface area contributed by atoms with Crippen molar-refractivity contribution in [3.63, 3.8) is 0 Å². The van der Waals surface area contributed by atoms with Gasteiger partial charge in [0.2, 0.25) is 0 Å². The number of hydrogen-bond acceptors (Lipinski definition) is 7. The Labute approximate surface area is 178 Å². The first-order chi connectivity index (χ1) is 14.5. The van der Waals surface area contributed by atoms with E-state index in [1.165, 1.54) is 0 Å². The lowest BCUT2D eigenvalue weighted by atomic mass is 10.1. The maximum Gasteiger partial charge on any atom is 0.182 e. The van der Waals surface area contributed by atoms with Gasteiger partial charge < -0.3 is 20.7 Å². The summed E-state index contributed by atoms with van der Waals surface area (Å²) in [6, 6.07) is 9.86. The number of nitrogens with two attached hydrogens (primary N) is 1. The summed E-state index contributed by atoms with van der Waals surface area (Å²) in [5.41, 5.74) is 9.92. The second kappa shape index (κ2) is 10.2. The fourth-order valence-corrected chi connectivity index (χ4v) is 3.53. The quantitative estimate of drug-likeness (QED) is 0.519. The van der Waals surface area contributed by atoms with Crippen molar-refractivity contribution < 1.29 is 4.74 Å². The molecule has 0 bridgehead atoms. The lowest BCUT2D eigenvalue weighted by molar-refractivity contribution is 0.295. The van der Waals surface area contributed by atoms with Crippen LogP contribution in [0.3, 0.4) is 0 Å². The van der Waals surface area contributed by atoms with Crippen LogP contribution in [0.25, 0.3) is 22.4 Å². The van der Waals surface area contributed by atoms with Crippen molar-refractivity contribution >= 4 is 22.7 Å². The summed E-state index contributed by atoms with van der Waals surface area (Å²) < 4.78 is 5.22. The Balaban J connectivity index is 1.76. The number of nitrogen functional groups attached to an aromatic ring is 1. The third-order valence-corrected chi connectivity index (χ3v) is 5.33. The van der Waals surface area contributed by atoms with E-state index in [4.69, 9.17) is 15.5 Å². The molecule has 30 heavy (non-hydrogen) atoms. The molecule has 3 rings (SSSR count). The standard InChI is InChI=1S/C23H32N6O/c1-5-29(6-2)13-7-8-16(3)26-19-14-21(24)28-23-22(19)25-15-20(27-23)17-9-11-18(30-4)12-10-17/h9-12,14-16H,5-8,13H2,1-4H3,(H3,24,26,27,28). The number of anilines is 2. The highest BCUT2D eigenvalue weighted by Crippen LogP contribution is 2.26. The smallest absolute Gasteiger partial charge is 0.182 e. The number of benzene rings is 1. The molecule has 0 aliphatic heterocycles. The molecule has 0 radical (unpaired) electrons.